The van der Waals surface area contributed by atoms with Crippen molar-refractivity contribution in [1.82, 2.24) is 9.62 Å². The first-order valence-corrected chi connectivity index (χ1v) is 11.4. The fraction of sp³-hybridized carbons (Fsp3) is 0.476. The highest BCUT2D eigenvalue weighted by atomic mass is 32.2. The second-order valence-corrected chi connectivity index (χ2v) is 9.47. The van der Waals surface area contributed by atoms with Crippen LogP contribution in [0.2, 0.25) is 0 Å². The molecule has 2 N–H and O–H groups in total. The first kappa shape index (κ1) is 21.5. The number of anilines is 1. The number of carbonyl (C=O) groups is 1. The van der Waals surface area contributed by atoms with Crippen molar-refractivity contribution in [3.05, 3.63) is 47.9 Å². The highest BCUT2D eigenvalue weighted by Crippen LogP contribution is 2.22. The number of sulfonamides is 1. The first-order valence-electron chi connectivity index (χ1n) is 10.0. The normalized spacial score (nSPS) is 17.6. The van der Waals surface area contributed by atoms with Gasteiger partial charge in [0.15, 0.2) is 0 Å². The monoisotopic (exact) mass is 419 g/mol. The van der Waals surface area contributed by atoms with Gasteiger partial charge in [-0.2, -0.15) is 4.31 Å². The minimum Gasteiger partial charge on any atom is -0.465 e. The van der Waals surface area contributed by atoms with Gasteiger partial charge in [0.2, 0.25) is 15.9 Å². The number of nitrogens with zero attached hydrogens (tertiary/aromatic N) is 1. The lowest BCUT2D eigenvalue weighted by molar-refractivity contribution is -0.118. The average Bonchev–Trinajstić information content (AvgIpc) is 3.15. The third-order valence-electron chi connectivity index (χ3n) is 5.16. The summed E-state index contributed by atoms with van der Waals surface area (Å²) in [6, 6.07) is 9.56. The van der Waals surface area contributed by atoms with E-state index in [-0.39, 0.29) is 16.8 Å². The molecule has 158 valence electrons. The van der Waals surface area contributed by atoms with Crippen LogP contribution in [0, 0.1) is 6.92 Å². The molecule has 1 aromatic heterocycles. The van der Waals surface area contributed by atoms with E-state index in [0.29, 0.717) is 18.8 Å². The largest absolute Gasteiger partial charge is 0.465 e. The van der Waals surface area contributed by atoms with Crippen molar-refractivity contribution in [1.29, 1.82) is 0 Å². The van der Waals surface area contributed by atoms with Crippen LogP contribution in [0.3, 0.4) is 0 Å². The number of piperidine rings is 1. The lowest BCUT2D eigenvalue weighted by atomic mass is 10.2. The molecule has 1 fully saturated rings. The van der Waals surface area contributed by atoms with Gasteiger partial charge in [0.05, 0.1) is 17.0 Å². The topological polar surface area (TPSA) is 91.7 Å². The maximum atomic E-state index is 12.7. The number of nitrogens with one attached hydrogen (secondary N) is 2. The summed E-state index contributed by atoms with van der Waals surface area (Å²) in [5.74, 6) is 1.39. The summed E-state index contributed by atoms with van der Waals surface area (Å²) < 4.78 is 32.5. The van der Waals surface area contributed by atoms with Crippen molar-refractivity contribution < 1.29 is 17.6 Å². The zero-order valence-corrected chi connectivity index (χ0v) is 18.0. The van der Waals surface area contributed by atoms with E-state index < -0.39 is 16.1 Å². The maximum Gasteiger partial charge on any atom is 0.243 e. The minimum atomic E-state index is -3.47. The molecule has 0 radical (unpaired) electrons. The van der Waals surface area contributed by atoms with Crippen molar-refractivity contribution in [2.75, 3.05) is 18.4 Å². The number of amides is 1. The van der Waals surface area contributed by atoms with Crippen LogP contribution < -0.4 is 10.6 Å². The van der Waals surface area contributed by atoms with Gasteiger partial charge in [-0.25, -0.2) is 8.42 Å². The van der Waals surface area contributed by atoms with Crippen LogP contribution in [0.4, 0.5) is 5.69 Å². The minimum absolute atomic E-state index is 0.110. The van der Waals surface area contributed by atoms with E-state index in [1.165, 1.54) is 4.31 Å². The van der Waals surface area contributed by atoms with Gasteiger partial charge in [-0.1, -0.05) is 6.42 Å². The molecule has 3 rings (SSSR count). The quantitative estimate of drug-likeness (QED) is 0.717. The third kappa shape index (κ3) is 5.26. The van der Waals surface area contributed by atoms with Crippen LogP contribution in [-0.4, -0.2) is 37.8 Å². The summed E-state index contributed by atoms with van der Waals surface area (Å²) in [6.07, 6.45) is 2.86. The summed E-state index contributed by atoms with van der Waals surface area (Å²) in [6.45, 7) is 6.72. The Labute approximate surface area is 172 Å². The zero-order chi connectivity index (χ0) is 21.0. The fourth-order valence-electron chi connectivity index (χ4n) is 3.43. The van der Waals surface area contributed by atoms with Crippen LogP contribution in [-0.2, 0) is 14.8 Å². The van der Waals surface area contributed by atoms with E-state index >= 15 is 0 Å². The van der Waals surface area contributed by atoms with Crippen molar-refractivity contribution >= 4 is 21.6 Å². The van der Waals surface area contributed by atoms with Gasteiger partial charge < -0.3 is 9.73 Å². The molecule has 7 nitrogen and oxygen atoms in total. The van der Waals surface area contributed by atoms with E-state index in [2.05, 4.69) is 10.6 Å². The molecule has 0 saturated carbocycles. The first-order chi connectivity index (χ1) is 13.8. The lowest BCUT2D eigenvalue weighted by Crippen LogP contribution is -2.39. The van der Waals surface area contributed by atoms with Crippen molar-refractivity contribution in [2.24, 2.45) is 0 Å². The molecule has 1 aliphatic rings. The summed E-state index contributed by atoms with van der Waals surface area (Å²) in [4.78, 5) is 12.7. The molecule has 2 aromatic rings. The van der Waals surface area contributed by atoms with E-state index in [4.69, 9.17) is 4.42 Å². The molecular weight excluding hydrogens is 390 g/mol. The Hall–Kier alpha value is -2.16. The Kier molecular flexibility index (Phi) is 6.77. The smallest absolute Gasteiger partial charge is 0.243 e. The van der Waals surface area contributed by atoms with Gasteiger partial charge >= 0.3 is 0 Å². The highest BCUT2D eigenvalue weighted by Gasteiger charge is 2.26. The second kappa shape index (κ2) is 9.11. The average molecular weight is 420 g/mol. The predicted octanol–water partition coefficient (Wildman–Crippen LogP) is 3.44. The van der Waals surface area contributed by atoms with Crippen LogP contribution in [0.1, 0.15) is 50.7 Å². The molecule has 1 saturated heterocycles. The Morgan fingerprint density at radius 2 is 1.69 bits per heavy atom. The predicted molar refractivity (Wildman–Crippen MR) is 112 cm³/mol. The standard InChI is InChI=1S/C21H29N3O4S/c1-15-7-12-20(28-15)16(2)22-17(3)21(25)23-18-8-10-19(11-9-18)29(26,27)24-13-5-4-6-14-24/h7-12,16-17,22H,4-6,13-14H2,1-3H3,(H,23,25). The number of hydrogen-bond acceptors (Lipinski definition) is 5. The molecule has 1 amide bonds. The zero-order valence-electron chi connectivity index (χ0n) is 17.1. The van der Waals surface area contributed by atoms with Crippen molar-refractivity contribution in [2.45, 2.75) is 57.0 Å². The van der Waals surface area contributed by atoms with Crippen LogP contribution in [0.15, 0.2) is 45.7 Å². The number of aryl methyl sites for hydroxylation is 1. The molecule has 1 aromatic carbocycles. The van der Waals surface area contributed by atoms with Crippen molar-refractivity contribution in [3.8, 4) is 0 Å². The number of rotatable bonds is 7. The summed E-state index contributed by atoms with van der Waals surface area (Å²) in [5, 5.41) is 6.02. The van der Waals surface area contributed by atoms with E-state index in [0.717, 1.165) is 30.8 Å². The van der Waals surface area contributed by atoms with Gasteiger partial charge in [-0.05, 0) is 70.0 Å². The van der Waals surface area contributed by atoms with Crippen LogP contribution in [0.25, 0.3) is 0 Å². The second-order valence-electron chi connectivity index (χ2n) is 7.54. The van der Waals surface area contributed by atoms with Gasteiger partial charge in [-0.15, -0.1) is 0 Å². The molecule has 29 heavy (non-hydrogen) atoms. The molecule has 2 atom stereocenters. The van der Waals surface area contributed by atoms with Gasteiger partial charge in [0.1, 0.15) is 11.5 Å². The van der Waals surface area contributed by atoms with Gasteiger partial charge in [0, 0.05) is 18.8 Å². The van der Waals surface area contributed by atoms with Crippen LogP contribution in [0.5, 0.6) is 0 Å². The summed E-state index contributed by atoms with van der Waals surface area (Å²) in [5.41, 5.74) is 0.558. The molecule has 0 bridgehead atoms. The summed E-state index contributed by atoms with van der Waals surface area (Å²) >= 11 is 0. The molecule has 2 unspecified atom stereocenters. The molecule has 1 aliphatic heterocycles. The number of carbonyl (C=O) groups excluding carboxylic acids is 1. The molecule has 2 heterocycles. The lowest BCUT2D eigenvalue weighted by Gasteiger charge is -2.26. The Balaban J connectivity index is 1.59. The number of furan rings is 1. The SMILES string of the molecule is Cc1ccc(C(C)NC(C)C(=O)Nc2ccc(S(=O)(=O)N3CCCCC3)cc2)o1. The Bertz CT molecular complexity index is 931. The molecule has 0 spiro atoms. The highest BCUT2D eigenvalue weighted by molar-refractivity contribution is 7.89. The Morgan fingerprint density at radius 1 is 1.03 bits per heavy atom. The van der Waals surface area contributed by atoms with Crippen molar-refractivity contribution in [3.63, 3.8) is 0 Å². The number of benzene rings is 1. The van der Waals surface area contributed by atoms with Gasteiger partial charge in [0.25, 0.3) is 0 Å². The van der Waals surface area contributed by atoms with E-state index in [9.17, 15) is 13.2 Å². The third-order valence-corrected chi connectivity index (χ3v) is 7.07. The molecular formula is C21H29N3O4S. The van der Waals surface area contributed by atoms with Crippen LogP contribution >= 0.6 is 0 Å². The molecule has 0 aliphatic carbocycles. The molecule has 8 heteroatoms. The van der Waals surface area contributed by atoms with Gasteiger partial charge in [-0.3, -0.25) is 10.1 Å². The maximum absolute atomic E-state index is 12.7. The number of hydrogen-bond donors (Lipinski definition) is 2. The van der Waals surface area contributed by atoms with E-state index in [1.807, 2.05) is 26.0 Å². The fourth-order valence-corrected chi connectivity index (χ4v) is 4.95. The Morgan fingerprint density at radius 3 is 2.28 bits per heavy atom. The summed E-state index contributed by atoms with van der Waals surface area (Å²) in [7, 11) is -3.47. The van der Waals surface area contributed by atoms with E-state index in [1.54, 1.807) is 31.2 Å².